The Hall–Kier alpha value is -1.64. The number of sulfonamides is 1. The molecular formula is C16H26N2O5S. The van der Waals surface area contributed by atoms with Crippen molar-refractivity contribution in [1.29, 1.82) is 0 Å². The molecule has 8 heteroatoms. The molecule has 0 aromatic heterocycles. The molecular weight excluding hydrogens is 332 g/mol. The van der Waals surface area contributed by atoms with Crippen LogP contribution in [0.3, 0.4) is 0 Å². The van der Waals surface area contributed by atoms with Gasteiger partial charge >= 0.3 is 0 Å². The maximum Gasteiger partial charge on any atom is 0.243 e. The molecule has 1 amide bonds. The van der Waals surface area contributed by atoms with Crippen LogP contribution in [0.1, 0.15) is 5.56 Å². The Balaban J connectivity index is 3.00. The van der Waals surface area contributed by atoms with E-state index in [0.29, 0.717) is 32.0 Å². The summed E-state index contributed by atoms with van der Waals surface area (Å²) in [6.45, 7) is 3.06. The lowest BCUT2D eigenvalue weighted by molar-refractivity contribution is -0.130. The number of anilines is 1. The predicted molar refractivity (Wildman–Crippen MR) is 93.7 cm³/mol. The van der Waals surface area contributed by atoms with Gasteiger partial charge < -0.3 is 14.4 Å². The van der Waals surface area contributed by atoms with E-state index < -0.39 is 10.0 Å². The molecule has 0 saturated heterocycles. The van der Waals surface area contributed by atoms with E-state index in [9.17, 15) is 13.2 Å². The molecule has 0 atom stereocenters. The molecule has 1 aromatic rings. The number of carbonyl (C=O) groups excluding carboxylic acids is 1. The number of hydrogen-bond donors (Lipinski definition) is 0. The SMILES string of the molecule is COCCN(CCOC)C(=O)CN(c1ccccc1C)S(C)(=O)=O. The molecule has 0 fully saturated rings. The first-order chi connectivity index (χ1) is 11.3. The number of methoxy groups -OCH3 is 2. The van der Waals surface area contributed by atoms with Crippen LogP contribution in [0.2, 0.25) is 0 Å². The second-order valence-electron chi connectivity index (χ2n) is 5.42. The van der Waals surface area contributed by atoms with Gasteiger partial charge in [0, 0.05) is 27.3 Å². The fourth-order valence-electron chi connectivity index (χ4n) is 2.21. The van der Waals surface area contributed by atoms with Gasteiger partial charge in [-0.25, -0.2) is 8.42 Å². The van der Waals surface area contributed by atoms with Crippen molar-refractivity contribution in [2.75, 3.05) is 57.6 Å². The summed E-state index contributed by atoms with van der Waals surface area (Å²) in [6.07, 6.45) is 1.10. The van der Waals surface area contributed by atoms with E-state index in [2.05, 4.69) is 0 Å². The van der Waals surface area contributed by atoms with Crippen LogP contribution in [-0.4, -0.2) is 72.5 Å². The van der Waals surface area contributed by atoms with Crippen LogP contribution in [0.25, 0.3) is 0 Å². The number of benzene rings is 1. The van der Waals surface area contributed by atoms with Crippen molar-refractivity contribution in [2.45, 2.75) is 6.92 Å². The molecule has 0 aliphatic heterocycles. The number of ether oxygens (including phenoxy) is 2. The highest BCUT2D eigenvalue weighted by molar-refractivity contribution is 7.92. The topological polar surface area (TPSA) is 76.2 Å². The van der Waals surface area contributed by atoms with Crippen LogP contribution in [0.4, 0.5) is 5.69 Å². The highest BCUT2D eigenvalue weighted by Crippen LogP contribution is 2.22. The van der Waals surface area contributed by atoms with E-state index in [-0.39, 0.29) is 12.5 Å². The van der Waals surface area contributed by atoms with Crippen molar-refractivity contribution >= 4 is 21.6 Å². The van der Waals surface area contributed by atoms with Crippen LogP contribution in [0, 0.1) is 6.92 Å². The Bertz CT molecular complexity index is 625. The summed E-state index contributed by atoms with van der Waals surface area (Å²) in [4.78, 5) is 14.2. The summed E-state index contributed by atoms with van der Waals surface area (Å²) < 4.78 is 35.5. The van der Waals surface area contributed by atoms with Crippen molar-refractivity contribution < 1.29 is 22.7 Å². The van der Waals surface area contributed by atoms with Gasteiger partial charge in [0.25, 0.3) is 0 Å². The van der Waals surface area contributed by atoms with Crippen LogP contribution >= 0.6 is 0 Å². The third-order valence-corrected chi connectivity index (χ3v) is 4.67. The number of para-hydroxylation sites is 1. The average Bonchev–Trinajstić information content (AvgIpc) is 2.52. The number of carbonyl (C=O) groups is 1. The van der Waals surface area contributed by atoms with Gasteiger partial charge in [0.2, 0.25) is 15.9 Å². The Labute approximate surface area is 144 Å². The highest BCUT2D eigenvalue weighted by Gasteiger charge is 2.24. The summed E-state index contributed by atoms with van der Waals surface area (Å²) in [7, 11) is -0.485. The first-order valence-electron chi connectivity index (χ1n) is 7.60. The minimum atomic E-state index is -3.59. The maximum atomic E-state index is 12.6. The summed E-state index contributed by atoms with van der Waals surface area (Å²) >= 11 is 0. The molecule has 0 aliphatic carbocycles. The van der Waals surface area contributed by atoms with E-state index in [4.69, 9.17) is 9.47 Å². The molecule has 1 rings (SSSR count). The van der Waals surface area contributed by atoms with Crippen molar-refractivity contribution in [3.8, 4) is 0 Å². The van der Waals surface area contributed by atoms with Crippen molar-refractivity contribution in [2.24, 2.45) is 0 Å². The molecule has 0 saturated carbocycles. The smallest absolute Gasteiger partial charge is 0.243 e. The van der Waals surface area contributed by atoms with E-state index in [1.807, 2.05) is 19.1 Å². The van der Waals surface area contributed by atoms with Crippen molar-refractivity contribution in [1.82, 2.24) is 4.90 Å². The second-order valence-corrected chi connectivity index (χ2v) is 7.33. The molecule has 136 valence electrons. The number of amides is 1. The van der Waals surface area contributed by atoms with Gasteiger partial charge in [0.1, 0.15) is 6.54 Å². The molecule has 0 heterocycles. The Morgan fingerprint density at radius 1 is 1.08 bits per heavy atom. The standard InChI is InChI=1S/C16H26N2O5S/c1-14-7-5-6-8-15(14)18(24(4,20)21)13-16(19)17(9-11-22-2)10-12-23-3/h5-8H,9-13H2,1-4H3. The third kappa shape index (κ3) is 6.10. The van der Waals surface area contributed by atoms with E-state index in [0.717, 1.165) is 16.1 Å². The van der Waals surface area contributed by atoms with Crippen molar-refractivity contribution in [3.05, 3.63) is 29.8 Å². The Kier molecular flexibility index (Phi) is 8.17. The normalized spacial score (nSPS) is 11.3. The minimum Gasteiger partial charge on any atom is -0.383 e. The molecule has 0 aliphatic rings. The lowest BCUT2D eigenvalue weighted by Gasteiger charge is -2.28. The lowest BCUT2D eigenvalue weighted by Crippen LogP contribution is -2.45. The second kappa shape index (κ2) is 9.61. The Morgan fingerprint density at radius 2 is 1.62 bits per heavy atom. The molecule has 0 N–H and O–H groups in total. The van der Waals surface area contributed by atoms with Crippen molar-refractivity contribution in [3.63, 3.8) is 0 Å². The first kappa shape index (κ1) is 20.4. The first-order valence-corrected chi connectivity index (χ1v) is 9.45. The zero-order valence-electron chi connectivity index (χ0n) is 14.7. The van der Waals surface area contributed by atoms with E-state index in [1.54, 1.807) is 31.3 Å². The molecule has 0 bridgehead atoms. The van der Waals surface area contributed by atoms with E-state index in [1.165, 1.54) is 0 Å². The largest absolute Gasteiger partial charge is 0.383 e. The zero-order valence-corrected chi connectivity index (χ0v) is 15.5. The Morgan fingerprint density at radius 3 is 2.08 bits per heavy atom. The lowest BCUT2D eigenvalue weighted by atomic mass is 10.2. The van der Waals surface area contributed by atoms with Gasteiger partial charge in [-0.1, -0.05) is 18.2 Å². The fourth-order valence-corrected chi connectivity index (χ4v) is 3.12. The number of aryl methyl sites for hydroxylation is 1. The van der Waals surface area contributed by atoms with Gasteiger partial charge in [-0.15, -0.1) is 0 Å². The van der Waals surface area contributed by atoms with Crippen LogP contribution in [-0.2, 0) is 24.3 Å². The highest BCUT2D eigenvalue weighted by atomic mass is 32.2. The summed E-state index contributed by atoms with van der Waals surface area (Å²) in [5.74, 6) is -0.294. The fraction of sp³-hybridized carbons (Fsp3) is 0.562. The quantitative estimate of drug-likeness (QED) is 0.621. The van der Waals surface area contributed by atoms with Gasteiger partial charge in [-0.05, 0) is 18.6 Å². The monoisotopic (exact) mass is 358 g/mol. The summed E-state index contributed by atoms with van der Waals surface area (Å²) in [5, 5.41) is 0. The molecule has 24 heavy (non-hydrogen) atoms. The number of hydrogen-bond acceptors (Lipinski definition) is 5. The minimum absolute atomic E-state index is 0.253. The molecule has 7 nitrogen and oxygen atoms in total. The van der Waals surface area contributed by atoms with Gasteiger partial charge in [0.05, 0.1) is 25.2 Å². The molecule has 0 unspecified atom stereocenters. The molecule has 0 radical (unpaired) electrons. The third-order valence-electron chi connectivity index (χ3n) is 3.55. The van der Waals surface area contributed by atoms with E-state index >= 15 is 0 Å². The van der Waals surface area contributed by atoms with Crippen LogP contribution in [0.15, 0.2) is 24.3 Å². The van der Waals surface area contributed by atoms with Gasteiger partial charge in [0.15, 0.2) is 0 Å². The zero-order chi connectivity index (χ0) is 18.2. The van der Waals surface area contributed by atoms with Gasteiger partial charge in [-0.2, -0.15) is 0 Å². The van der Waals surface area contributed by atoms with Crippen LogP contribution in [0.5, 0.6) is 0 Å². The van der Waals surface area contributed by atoms with Crippen LogP contribution < -0.4 is 4.31 Å². The number of rotatable bonds is 10. The molecule has 0 spiro atoms. The maximum absolute atomic E-state index is 12.6. The average molecular weight is 358 g/mol. The van der Waals surface area contributed by atoms with Gasteiger partial charge in [-0.3, -0.25) is 9.10 Å². The number of nitrogens with zero attached hydrogens (tertiary/aromatic N) is 2. The predicted octanol–water partition coefficient (Wildman–Crippen LogP) is 0.882. The summed E-state index contributed by atoms with van der Waals surface area (Å²) in [5.41, 5.74) is 1.29. The molecule has 1 aromatic carbocycles. The summed E-state index contributed by atoms with van der Waals surface area (Å²) in [6, 6.07) is 7.08.